The zero-order valence-corrected chi connectivity index (χ0v) is 15.1. The highest BCUT2D eigenvalue weighted by molar-refractivity contribution is 5.94. The van der Waals surface area contributed by atoms with Crippen molar-refractivity contribution in [1.29, 1.82) is 0 Å². The molecule has 1 heterocycles. The summed E-state index contributed by atoms with van der Waals surface area (Å²) >= 11 is 0. The summed E-state index contributed by atoms with van der Waals surface area (Å²) in [4.78, 5) is 26.5. The second kappa shape index (κ2) is 11.0. The SMILES string of the molecule is CCCNCCNC(=O)C1CCCN(C(=O)c2ccccc2)C1.Cl. The molecule has 2 amide bonds. The van der Waals surface area contributed by atoms with Gasteiger partial charge in [0.05, 0.1) is 5.92 Å². The Morgan fingerprint density at radius 2 is 1.92 bits per heavy atom. The van der Waals surface area contributed by atoms with Crippen molar-refractivity contribution in [3.63, 3.8) is 0 Å². The first-order valence-electron chi connectivity index (χ1n) is 8.55. The van der Waals surface area contributed by atoms with Gasteiger partial charge in [-0.2, -0.15) is 0 Å². The minimum atomic E-state index is -0.0948. The van der Waals surface area contributed by atoms with Crippen molar-refractivity contribution in [1.82, 2.24) is 15.5 Å². The number of halogens is 1. The summed E-state index contributed by atoms with van der Waals surface area (Å²) < 4.78 is 0. The third-order valence-electron chi connectivity index (χ3n) is 4.13. The molecule has 1 aliphatic heterocycles. The van der Waals surface area contributed by atoms with Gasteiger partial charge in [0, 0.05) is 31.7 Å². The maximum absolute atomic E-state index is 12.5. The molecule has 1 saturated heterocycles. The lowest BCUT2D eigenvalue weighted by Gasteiger charge is -2.32. The van der Waals surface area contributed by atoms with E-state index in [1.165, 1.54) is 0 Å². The third-order valence-corrected chi connectivity index (χ3v) is 4.13. The average Bonchev–Trinajstić information content (AvgIpc) is 2.61. The Morgan fingerprint density at radius 3 is 2.62 bits per heavy atom. The number of carbonyl (C=O) groups excluding carboxylic acids is 2. The average molecular weight is 354 g/mol. The number of hydrogen-bond donors (Lipinski definition) is 2. The molecule has 1 fully saturated rings. The Labute approximate surface area is 150 Å². The van der Waals surface area contributed by atoms with E-state index in [1.54, 1.807) is 4.90 Å². The topological polar surface area (TPSA) is 61.4 Å². The molecule has 0 radical (unpaired) electrons. The molecule has 6 heteroatoms. The van der Waals surface area contributed by atoms with Crippen LogP contribution in [0, 0.1) is 5.92 Å². The van der Waals surface area contributed by atoms with Crippen molar-refractivity contribution < 1.29 is 9.59 Å². The second-order valence-corrected chi connectivity index (χ2v) is 6.00. The molecule has 1 aromatic carbocycles. The molecular weight excluding hydrogens is 326 g/mol. The lowest BCUT2D eigenvalue weighted by molar-refractivity contribution is -0.126. The highest BCUT2D eigenvalue weighted by atomic mass is 35.5. The summed E-state index contributed by atoms with van der Waals surface area (Å²) in [6.45, 7) is 5.77. The zero-order chi connectivity index (χ0) is 16.5. The maximum atomic E-state index is 12.5. The zero-order valence-electron chi connectivity index (χ0n) is 14.3. The van der Waals surface area contributed by atoms with E-state index in [2.05, 4.69) is 17.6 Å². The molecule has 1 aliphatic rings. The fraction of sp³-hybridized carbons (Fsp3) is 0.556. The smallest absolute Gasteiger partial charge is 0.253 e. The summed E-state index contributed by atoms with van der Waals surface area (Å²) in [7, 11) is 0. The summed E-state index contributed by atoms with van der Waals surface area (Å²) in [6.07, 6.45) is 2.82. The van der Waals surface area contributed by atoms with E-state index in [0.29, 0.717) is 18.7 Å². The normalized spacial score (nSPS) is 17.0. The Hall–Kier alpha value is -1.59. The molecule has 1 unspecified atom stereocenters. The predicted octanol–water partition coefficient (Wildman–Crippen LogP) is 2.08. The highest BCUT2D eigenvalue weighted by Crippen LogP contribution is 2.18. The molecule has 1 aromatic rings. The fourth-order valence-corrected chi connectivity index (χ4v) is 2.86. The minimum Gasteiger partial charge on any atom is -0.355 e. The maximum Gasteiger partial charge on any atom is 0.253 e. The summed E-state index contributed by atoms with van der Waals surface area (Å²) in [5.74, 6) is -0.0100. The van der Waals surface area contributed by atoms with Crippen LogP contribution in [0.2, 0.25) is 0 Å². The van der Waals surface area contributed by atoms with Gasteiger partial charge in [-0.1, -0.05) is 25.1 Å². The minimum absolute atomic E-state index is 0. The molecule has 1 atom stereocenters. The number of amides is 2. The van der Waals surface area contributed by atoms with Crippen LogP contribution in [0.25, 0.3) is 0 Å². The summed E-state index contributed by atoms with van der Waals surface area (Å²) in [6, 6.07) is 9.28. The number of carbonyl (C=O) groups is 2. The molecule has 2 rings (SSSR count). The van der Waals surface area contributed by atoms with E-state index < -0.39 is 0 Å². The molecule has 0 bridgehead atoms. The van der Waals surface area contributed by atoms with Crippen molar-refractivity contribution in [3.05, 3.63) is 35.9 Å². The van der Waals surface area contributed by atoms with Gasteiger partial charge in [-0.3, -0.25) is 9.59 Å². The van der Waals surface area contributed by atoms with Gasteiger partial charge in [0.1, 0.15) is 0 Å². The molecule has 134 valence electrons. The van der Waals surface area contributed by atoms with Crippen LogP contribution in [-0.4, -0.2) is 49.4 Å². The number of nitrogens with one attached hydrogen (secondary N) is 2. The van der Waals surface area contributed by atoms with Crippen LogP contribution in [0.4, 0.5) is 0 Å². The summed E-state index contributed by atoms with van der Waals surface area (Å²) in [5, 5.41) is 6.23. The van der Waals surface area contributed by atoms with Crippen LogP contribution in [0.15, 0.2) is 30.3 Å². The second-order valence-electron chi connectivity index (χ2n) is 6.00. The van der Waals surface area contributed by atoms with E-state index in [4.69, 9.17) is 0 Å². The van der Waals surface area contributed by atoms with Gasteiger partial charge in [-0.25, -0.2) is 0 Å². The lowest BCUT2D eigenvalue weighted by atomic mass is 9.96. The molecule has 0 saturated carbocycles. The van der Waals surface area contributed by atoms with Crippen LogP contribution in [-0.2, 0) is 4.79 Å². The van der Waals surface area contributed by atoms with Crippen LogP contribution < -0.4 is 10.6 Å². The Kier molecular flexibility index (Phi) is 9.42. The van der Waals surface area contributed by atoms with Gasteiger partial charge in [0.2, 0.25) is 5.91 Å². The number of rotatable bonds is 7. The molecule has 5 nitrogen and oxygen atoms in total. The van der Waals surface area contributed by atoms with Crippen LogP contribution in [0.1, 0.15) is 36.5 Å². The third kappa shape index (κ3) is 6.13. The Bertz CT molecular complexity index is 510. The Morgan fingerprint density at radius 1 is 1.17 bits per heavy atom. The Balaban J connectivity index is 0.00000288. The van der Waals surface area contributed by atoms with E-state index in [0.717, 1.165) is 38.9 Å². The first-order chi connectivity index (χ1) is 11.2. The van der Waals surface area contributed by atoms with E-state index in [9.17, 15) is 9.59 Å². The van der Waals surface area contributed by atoms with Crippen molar-refractivity contribution in [2.24, 2.45) is 5.92 Å². The summed E-state index contributed by atoms with van der Waals surface area (Å²) in [5.41, 5.74) is 0.692. The predicted molar refractivity (Wildman–Crippen MR) is 98.5 cm³/mol. The molecule has 0 aliphatic carbocycles. The number of nitrogens with zero attached hydrogens (tertiary/aromatic N) is 1. The van der Waals surface area contributed by atoms with Crippen molar-refractivity contribution in [2.45, 2.75) is 26.2 Å². The molecule has 2 N–H and O–H groups in total. The highest BCUT2D eigenvalue weighted by Gasteiger charge is 2.28. The van der Waals surface area contributed by atoms with Gasteiger partial charge < -0.3 is 15.5 Å². The van der Waals surface area contributed by atoms with Crippen molar-refractivity contribution in [3.8, 4) is 0 Å². The first kappa shape index (κ1) is 20.5. The van der Waals surface area contributed by atoms with E-state index in [1.807, 2.05) is 30.3 Å². The number of piperidine rings is 1. The lowest BCUT2D eigenvalue weighted by Crippen LogP contribution is -2.46. The van der Waals surface area contributed by atoms with Gasteiger partial charge in [0.25, 0.3) is 5.91 Å². The van der Waals surface area contributed by atoms with E-state index in [-0.39, 0.29) is 30.1 Å². The van der Waals surface area contributed by atoms with Crippen LogP contribution >= 0.6 is 12.4 Å². The standard InChI is InChI=1S/C18H27N3O2.ClH/c1-2-10-19-11-12-20-17(22)16-9-6-13-21(14-16)18(23)15-7-4-3-5-8-15;/h3-5,7-8,16,19H,2,6,9-14H2,1H3,(H,20,22);1H. The molecular formula is C18H28ClN3O2. The van der Waals surface area contributed by atoms with Gasteiger partial charge >= 0.3 is 0 Å². The van der Waals surface area contributed by atoms with E-state index >= 15 is 0 Å². The van der Waals surface area contributed by atoms with Crippen LogP contribution in [0.3, 0.4) is 0 Å². The van der Waals surface area contributed by atoms with Crippen molar-refractivity contribution in [2.75, 3.05) is 32.7 Å². The molecule has 24 heavy (non-hydrogen) atoms. The largest absolute Gasteiger partial charge is 0.355 e. The number of hydrogen-bond acceptors (Lipinski definition) is 3. The molecule has 0 spiro atoms. The molecule has 0 aromatic heterocycles. The first-order valence-corrected chi connectivity index (χ1v) is 8.55. The van der Waals surface area contributed by atoms with Gasteiger partial charge in [-0.15, -0.1) is 12.4 Å². The quantitative estimate of drug-likeness (QED) is 0.738. The van der Waals surface area contributed by atoms with Gasteiger partial charge in [0.15, 0.2) is 0 Å². The number of likely N-dealkylation sites (tertiary alicyclic amines) is 1. The monoisotopic (exact) mass is 353 g/mol. The van der Waals surface area contributed by atoms with Crippen molar-refractivity contribution >= 4 is 24.2 Å². The van der Waals surface area contributed by atoms with Gasteiger partial charge in [-0.05, 0) is 37.9 Å². The number of benzene rings is 1. The van der Waals surface area contributed by atoms with Crippen LogP contribution in [0.5, 0.6) is 0 Å². The fourth-order valence-electron chi connectivity index (χ4n) is 2.86.